The number of nitrogens with zero attached hydrogens (tertiary/aromatic N) is 1. The smallest absolute Gasteiger partial charge is 0.456 e. The van der Waals surface area contributed by atoms with Crippen LogP contribution in [-0.4, -0.2) is 29.9 Å². The summed E-state index contributed by atoms with van der Waals surface area (Å²) >= 11 is 1.43. The van der Waals surface area contributed by atoms with Gasteiger partial charge in [-0.2, -0.15) is 5.26 Å². The Bertz CT molecular complexity index is 721. The third kappa shape index (κ3) is 4.52. The van der Waals surface area contributed by atoms with Gasteiger partial charge >= 0.3 is 13.1 Å². The summed E-state index contributed by atoms with van der Waals surface area (Å²) in [7, 11) is -0.454. The summed E-state index contributed by atoms with van der Waals surface area (Å²) in [6.07, 6.45) is 1.54. The van der Waals surface area contributed by atoms with Gasteiger partial charge in [0.1, 0.15) is 17.2 Å². The van der Waals surface area contributed by atoms with Gasteiger partial charge in [0.25, 0.3) is 0 Å². The quantitative estimate of drug-likeness (QED) is 0.358. The summed E-state index contributed by atoms with van der Waals surface area (Å²) < 4.78 is 18.2. The summed E-state index contributed by atoms with van der Waals surface area (Å²) in [5.74, 6) is -0.624. The number of esters is 1. The minimum absolute atomic E-state index is 0.0303. The van der Waals surface area contributed by atoms with Crippen molar-refractivity contribution < 1.29 is 18.8 Å². The van der Waals surface area contributed by atoms with Crippen molar-refractivity contribution in [2.45, 2.75) is 65.3 Å². The molecule has 0 spiro atoms. The Balaban J connectivity index is 2.19. The Hall–Kier alpha value is -1.62. The van der Waals surface area contributed by atoms with Crippen molar-refractivity contribution in [3.8, 4) is 6.07 Å². The molecule has 0 N–H and O–H groups in total. The molecule has 0 saturated carbocycles. The van der Waals surface area contributed by atoms with Crippen molar-refractivity contribution in [2.24, 2.45) is 0 Å². The van der Waals surface area contributed by atoms with Crippen LogP contribution in [0.3, 0.4) is 0 Å². The number of nitriles is 1. The summed E-state index contributed by atoms with van der Waals surface area (Å²) in [6.45, 7) is 13.3. The third-order valence-electron chi connectivity index (χ3n) is 4.16. The van der Waals surface area contributed by atoms with Gasteiger partial charge in [-0.25, -0.2) is 4.79 Å². The van der Waals surface area contributed by atoms with Crippen LogP contribution in [0.5, 0.6) is 0 Å². The molecule has 0 atom stereocenters. The van der Waals surface area contributed by atoms with E-state index in [9.17, 15) is 10.1 Å². The van der Waals surface area contributed by atoms with E-state index < -0.39 is 29.9 Å². The van der Waals surface area contributed by atoms with Crippen LogP contribution < -0.4 is 4.78 Å². The molecular weight excluding hydrogens is 337 g/mol. The summed E-state index contributed by atoms with van der Waals surface area (Å²) in [5.41, 5.74) is -1.49. The molecule has 0 radical (unpaired) electrons. The van der Waals surface area contributed by atoms with Gasteiger partial charge in [-0.05, 0) is 60.6 Å². The van der Waals surface area contributed by atoms with Crippen LogP contribution in [0, 0.1) is 11.3 Å². The molecule has 134 valence electrons. The number of hydrogen-bond acceptors (Lipinski definition) is 6. The van der Waals surface area contributed by atoms with Crippen LogP contribution in [-0.2, 0) is 18.8 Å². The second-order valence-electron chi connectivity index (χ2n) is 8.00. The van der Waals surface area contributed by atoms with Gasteiger partial charge in [0.15, 0.2) is 0 Å². The van der Waals surface area contributed by atoms with Crippen molar-refractivity contribution in [1.29, 1.82) is 5.26 Å². The Morgan fingerprint density at radius 2 is 1.80 bits per heavy atom. The van der Waals surface area contributed by atoms with Crippen LogP contribution in [0.1, 0.15) is 53.3 Å². The monoisotopic (exact) mass is 361 g/mol. The van der Waals surface area contributed by atoms with E-state index in [4.69, 9.17) is 14.0 Å². The molecule has 25 heavy (non-hydrogen) atoms. The minimum Gasteiger partial charge on any atom is -0.456 e. The standard InChI is InChI=1S/C18H24BNO4S/c1-16(2,3)22-15(21)12(11-20)10-13-8-9-14(25-13)19-23-17(4,5)18(6,7)24-19/h8-10H,1-7H3/b12-10+. The van der Waals surface area contributed by atoms with Gasteiger partial charge in [0, 0.05) is 9.65 Å². The van der Waals surface area contributed by atoms with Gasteiger partial charge in [-0.1, -0.05) is 6.07 Å². The molecule has 1 aliphatic rings. The second kappa shape index (κ2) is 6.60. The van der Waals surface area contributed by atoms with E-state index in [1.165, 1.54) is 17.4 Å². The average molecular weight is 361 g/mol. The second-order valence-corrected chi connectivity index (χ2v) is 9.15. The maximum absolute atomic E-state index is 12.1. The fourth-order valence-corrected chi connectivity index (χ4v) is 3.06. The molecule has 1 aromatic heterocycles. The molecule has 0 bridgehead atoms. The lowest BCUT2D eigenvalue weighted by atomic mass is 9.88. The van der Waals surface area contributed by atoms with E-state index in [0.717, 1.165) is 9.65 Å². The lowest BCUT2D eigenvalue weighted by Gasteiger charge is -2.32. The molecule has 1 aliphatic heterocycles. The minimum atomic E-state index is -0.643. The number of thiophene rings is 1. The van der Waals surface area contributed by atoms with Gasteiger partial charge < -0.3 is 14.0 Å². The highest BCUT2D eigenvalue weighted by Gasteiger charge is 2.52. The zero-order valence-corrected chi connectivity index (χ0v) is 16.6. The molecule has 7 heteroatoms. The van der Waals surface area contributed by atoms with E-state index >= 15 is 0 Å². The maximum atomic E-state index is 12.1. The summed E-state index contributed by atoms with van der Waals surface area (Å²) in [6, 6.07) is 5.64. The predicted octanol–water partition coefficient (Wildman–Crippen LogP) is 3.30. The fraction of sp³-hybridized carbons (Fsp3) is 0.556. The predicted molar refractivity (Wildman–Crippen MR) is 99.5 cm³/mol. The van der Waals surface area contributed by atoms with E-state index in [0.29, 0.717) is 0 Å². The first kappa shape index (κ1) is 19.7. The molecule has 0 aliphatic carbocycles. The van der Waals surface area contributed by atoms with Crippen molar-refractivity contribution in [1.82, 2.24) is 0 Å². The van der Waals surface area contributed by atoms with Gasteiger partial charge in [-0.15, -0.1) is 11.3 Å². The Labute approximate surface area is 153 Å². The van der Waals surface area contributed by atoms with Crippen LogP contribution in [0.2, 0.25) is 0 Å². The number of hydrogen-bond donors (Lipinski definition) is 0. The molecule has 5 nitrogen and oxygen atoms in total. The molecule has 2 heterocycles. The number of carbonyl (C=O) groups excluding carboxylic acids is 1. The molecule has 1 fully saturated rings. The van der Waals surface area contributed by atoms with Crippen LogP contribution in [0.4, 0.5) is 0 Å². The van der Waals surface area contributed by atoms with E-state index in [2.05, 4.69) is 0 Å². The first-order chi connectivity index (χ1) is 11.3. The topological polar surface area (TPSA) is 68.6 Å². The van der Waals surface area contributed by atoms with Crippen LogP contribution in [0.15, 0.2) is 17.7 Å². The normalized spacial score (nSPS) is 19.6. The molecule has 1 aromatic rings. The van der Waals surface area contributed by atoms with E-state index in [1.54, 1.807) is 20.8 Å². The average Bonchev–Trinajstić information content (AvgIpc) is 2.97. The largest absolute Gasteiger partial charge is 0.505 e. The highest BCUT2D eigenvalue weighted by molar-refractivity contribution is 7.23. The number of carbonyl (C=O) groups is 1. The third-order valence-corrected chi connectivity index (χ3v) is 5.21. The zero-order valence-electron chi connectivity index (χ0n) is 15.8. The van der Waals surface area contributed by atoms with Crippen LogP contribution >= 0.6 is 11.3 Å². The Kier molecular flexibility index (Phi) is 5.20. The molecule has 0 unspecified atom stereocenters. The number of ether oxygens (including phenoxy) is 1. The van der Waals surface area contributed by atoms with Crippen molar-refractivity contribution >= 4 is 35.3 Å². The van der Waals surface area contributed by atoms with Gasteiger partial charge in [0.2, 0.25) is 0 Å². The first-order valence-electron chi connectivity index (χ1n) is 8.15. The van der Waals surface area contributed by atoms with Gasteiger partial charge in [0.05, 0.1) is 11.2 Å². The van der Waals surface area contributed by atoms with Gasteiger partial charge in [-0.3, -0.25) is 0 Å². The Morgan fingerprint density at radius 1 is 1.24 bits per heavy atom. The fourth-order valence-electron chi connectivity index (χ4n) is 2.14. The van der Waals surface area contributed by atoms with Crippen molar-refractivity contribution in [3.05, 3.63) is 22.6 Å². The number of rotatable bonds is 3. The molecule has 2 rings (SSSR count). The SMILES string of the molecule is CC(C)(C)OC(=O)/C(C#N)=C/c1ccc(B2OC(C)(C)C(C)(C)O2)s1. The molecular formula is C18H24BNO4S. The van der Waals surface area contributed by atoms with E-state index in [1.807, 2.05) is 45.9 Å². The lowest BCUT2D eigenvalue weighted by molar-refractivity contribution is -0.149. The highest BCUT2D eigenvalue weighted by Crippen LogP contribution is 2.37. The molecule has 1 saturated heterocycles. The lowest BCUT2D eigenvalue weighted by Crippen LogP contribution is -2.41. The van der Waals surface area contributed by atoms with Crippen LogP contribution in [0.25, 0.3) is 6.08 Å². The zero-order chi connectivity index (χ0) is 19.0. The van der Waals surface area contributed by atoms with Crippen molar-refractivity contribution in [2.75, 3.05) is 0 Å². The van der Waals surface area contributed by atoms with Crippen molar-refractivity contribution in [3.63, 3.8) is 0 Å². The maximum Gasteiger partial charge on any atom is 0.505 e. The summed E-state index contributed by atoms with van der Waals surface area (Å²) in [4.78, 5) is 12.8. The summed E-state index contributed by atoms with van der Waals surface area (Å²) in [5, 5.41) is 9.25. The molecule has 0 amide bonds. The highest BCUT2D eigenvalue weighted by atomic mass is 32.1. The molecule has 0 aromatic carbocycles. The van der Waals surface area contributed by atoms with E-state index in [-0.39, 0.29) is 5.57 Å². The Morgan fingerprint density at radius 3 is 2.28 bits per heavy atom. The first-order valence-corrected chi connectivity index (χ1v) is 8.97.